The van der Waals surface area contributed by atoms with Crippen molar-refractivity contribution in [2.45, 2.75) is 44.2 Å². The van der Waals surface area contributed by atoms with Crippen LogP contribution < -0.4 is 5.32 Å². The summed E-state index contributed by atoms with van der Waals surface area (Å²) in [5.74, 6) is -1.41. The maximum atomic E-state index is 13.1. The van der Waals surface area contributed by atoms with Gasteiger partial charge in [-0.3, -0.25) is 39.3 Å². The number of likely N-dealkylation sites (tertiary alicyclic amines) is 1. The second kappa shape index (κ2) is 8.95. The van der Waals surface area contributed by atoms with E-state index in [4.69, 9.17) is 0 Å². The summed E-state index contributed by atoms with van der Waals surface area (Å²) < 4.78 is 0. The average molecular weight is 483 g/mol. The summed E-state index contributed by atoms with van der Waals surface area (Å²) in [6, 6.07) is 12.9. The first kappa shape index (κ1) is 22.5. The van der Waals surface area contributed by atoms with E-state index in [0.29, 0.717) is 23.6 Å². The van der Waals surface area contributed by atoms with Crippen LogP contribution in [0.3, 0.4) is 0 Å². The second-order valence-corrected chi connectivity index (χ2v) is 9.82. The fourth-order valence-corrected chi connectivity index (χ4v) is 5.78. The number of rotatable bonds is 4. The number of benzene rings is 2. The third-order valence-corrected chi connectivity index (χ3v) is 7.65. The van der Waals surface area contributed by atoms with Crippen molar-refractivity contribution >= 4 is 34.4 Å². The molecule has 4 amide bonds. The highest BCUT2D eigenvalue weighted by molar-refractivity contribution is 6.23. The minimum atomic E-state index is -0.942. The number of hydrogen-bond acceptors (Lipinski definition) is 6. The Labute approximate surface area is 208 Å². The lowest BCUT2D eigenvalue weighted by molar-refractivity contribution is -0.136. The SMILES string of the molecule is O=C1CCC(N2C(=O)c3ccc(CN4CCC(c5cccc6cnccc56)CC4)cc3C2=O)C(=O)N1. The molecule has 1 unspecified atom stereocenters. The lowest BCUT2D eigenvalue weighted by Crippen LogP contribution is -2.54. The molecule has 3 aromatic rings. The van der Waals surface area contributed by atoms with E-state index < -0.39 is 23.8 Å². The van der Waals surface area contributed by atoms with Gasteiger partial charge >= 0.3 is 0 Å². The lowest BCUT2D eigenvalue weighted by Gasteiger charge is -2.32. The molecule has 4 heterocycles. The molecule has 182 valence electrons. The van der Waals surface area contributed by atoms with E-state index in [1.165, 1.54) is 16.3 Å². The van der Waals surface area contributed by atoms with Crippen molar-refractivity contribution in [1.29, 1.82) is 0 Å². The van der Waals surface area contributed by atoms with Crippen molar-refractivity contribution in [2.24, 2.45) is 0 Å². The molecule has 1 atom stereocenters. The number of nitrogens with one attached hydrogen (secondary N) is 1. The van der Waals surface area contributed by atoms with E-state index in [-0.39, 0.29) is 18.7 Å². The molecule has 8 nitrogen and oxygen atoms in total. The normalized spacial score (nSPS) is 21.2. The first-order valence-corrected chi connectivity index (χ1v) is 12.4. The van der Waals surface area contributed by atoms with Crippen molar-refractivity contribution < 1.29 is 19.2 Å². The standard InChI is InChI=1S/C28H26N4O4/c33-25-7-6-24(26(34)30-25)32-27(35)22-5-4-17(14-23(22)28(32)36)16-31-12-9-18(10-13-31)20-3-1-2-19-15-29-11-8-21(19)20/h1-5,8,11,14-15,18,24H,6-7,9-10,12-13,16H2,(H,30,33,34). The van der Waals surface area contributed by atoms with Gasteiger partial charge in [0.2, 0.25) is 11.8 Å². The molecule has 0 radical (unpaired) electrons. The number of amides is 4. The van der Waals surface area contributed by atoms with Crippen molar-refractivity contribution in [3.05, 3.63) is 77.1 Å². The van der Waals surface area contributed by atoms with Crippen LogP contribution in [0.1, 0.15) is 63.4 Å². The topological polar surface area (TPSA) is 99.7 Å². The number of pyridine rings is 1. The number of hydrogen-bond donors (Lipinski definition) is 1. The molecule has 6 rings (SSSR count). The van der Waals surface area contributed by atoms with Crippen molar-refractivity contribution in [1.82, 2.24) is 20.1 Å². The monoisotopic (exact) mass is 482 g/mol. The summed E-state index contributed by atoms with van der Waals surface area (Å²) >= 11 is 0. The van der Waals surface area contributed by atoms with Crippen LogP contribution in [0.5, 0.6) is 0 Å². The zero-order valence-electron chi connectivity index (χ0n) is 19.8. The summed E-state index contributed by atoms with van der Waals surface area (Å²) in [6.45, 7) is 2.58. The van der Waals surface area contributed by atoms with Gasteiger partial charge in [0.25, 0.3) is 11.8 Å². The number of carbonyl (C=O) groups is 4. The van der Waals surface area contributed by atoms with Gasteiger partial charge in [0.05, 0.1) is 11.1 Å². The molecule has 0 aliphatic carbocycles. The molecule has 0 bridgehead atoms. The first-order chi connectivity index (χ1) is 17.5. The maximum Gasteiger partial charge on any atom is 0.262 e. The summed E-state index contributed by atoms with van der Waals surface area (Å²) in [5, 5.41) is 4.67. The van der Waals surface area contributed by atoms with Crippen LogP contribution in [0, 0.1) is 0 Å². The zero-order chi connectivity index (χ0) is 24.8. The summed E-state index contributed by atoms with van der Waals surface area (Å²) in [5.41, 5.74) is 3.00. The summed E-state index contributed by atoms with van der Waals surface area (Å²) in [6.07, 6.45) is 6.13. The Kier molecular flexibility index (Phi) is 5.60. The van der Waals surface area contributed by atoms with Crippen LogP contribution in [0.15, 0.2) is 54.9 Å². The van der Waals surface area contributed by atoms with Gasteiger partial charge in [-0.15, -0.1) is 0 Å². The number of piperidine rings is 2. The lowest BCUT2D eigenvalue weighted by atomic mass is 9.86. The quantitative estimate of drug-likeness (QED) is 0.574. The molecule has 2 aromatic carbocycles. The molecule has 1 N–H and O–H groups in total. The van der Waals surface area contributed by atoms with Crippen LogP contribution in [0.25, 0.3) is 10.8 Å². The Morgan fingerprint density at radius 3 is 2.53 bits per heavy atom. The summed E-state index contributed by atoms with van der Waals surface area (Å²) in [7, 11) is 0. The molecule has 0 spiro atoms. The van der Waals surface area contributed by atoms with Crippen LogP contribution in [-0.2, 0) is 16.1 Å². The number of carbonyl (C=O) groups excluding carboxylic acids is 4. The molecule has 0 saturated carbocycles. The van der Waals surface area contributed by atoms with Gasteiger partial charge in [0.1, 0.15) is 6.04 Å². The summed E-state index contributed by atoms with van der Waals surface area (Å²) in [4.78, 5) is 57.4. The molecule has 3 aliphatic heterocycles. The van der Waals surface area contributed by atoms with Gasteiger partial charge in [0.15, 0.2) is 0 Å². The molecular weight excluding hydrogens is 456 g/mol. The van der Waals surface area contributed by atoms with E-state index in [0.717, 1.165) is 36.4 Å². The van der Waals surface area contributed by atoms with Gasteiger partial charge in [-0.05, 0) is 73.0 Å². The molecule has 1 aromatic heterocycles. The van der Waals surface area contributed by atoms with Gasteiger partial charge in [-0.1, -0.05) is 24.3 Å². The third-order valence-electron chi connectivity index (χ3n) is 7.65. The molecule has 36 heavy (non-hydrogen) atoms. The van der Waals surface area contributed by atoms with Gasteiger partial charge < -0.3 is 0 Å². The zero-order valence-corrected chi connectivity index (χ0v) is 19.8. The molecule has 2 saturated heterocycles. The minimum Gasteiger partial charge on any atom is -0.299 e. The highest BCUT2D eigenvalue weighted by atomic mass is 16.2. The maximum absolute atomic E-state index is 13.1. The van der Waals surface area contributed by atoms with Crippen molar-refractivity contribution in [2.75, 3.05) is 13.1 Å². The van der Waals surface area contributed by atoms with Crippen LogP contribution in [0.4, 0.5) is 0 Å². The number of nitrogens with zero attached hydrogens (tertiary/aromatic N) is 3. The van der Waals surface area contributed by atoms with E-state index in [2.05, 4.69) is 39.5 Å². The van der Waals surface area contributed by atoms with E-state index >= 15 is 0 Å². The Bertz CT molecular complexity index is 1400. The fraction of sp³-hybridized carbons (Fsp3) is 0.321. The molecule has 8 heteroatoms. The Balaban J connectivity index is 1.14. The van der Waals surface area contributed by atoms with Crippen LogP contribution in [0.2, 0.25) is 0 Å². The average Bonchev–Trinajstić information content (AvgIpc) is 3.13. The van der Waals surface area contributed by atoms with Gasteiger partial charge in [0, 0.05) is 30.7 Å². The highest BCUT2D eigenvalue weighted by Gasteiger charge is 2.44. The Hall–Kier alpha value is -3.91. The smallest absolute Gasteiger partial charge is 0.262 e. The molecular formula is C28H26N4O4. The predicted octanol–water partition coefficient (Wildman–Crippen LogP) is 3.02. The minimum absolute atomic E-state index is 0.112. The fourth-order valence-electron chi connectivity index (χ4n) is 5.78. The van der Waals surface area contributed by atoms with Crippen molar-refractivity contribution in [3.8, 4) is 0 Å². The van der Waals surface area contributed by atoms with E-state index in [1.54, 1.807) is 12.1 Å². The first-order valence-electron chi connectivity index (χ1n) is 12.4. The van der Waals surface area contributed by atoms with Gasteiger partial charge in [-0.25, -0.2) is 0 Å². The van der Waals surface area contributed by atoms with Crippen LogP contribution >= 0.6 is 0 Å². The highest BCUT2D eigenvalue weighted by Crippen LogP contribution is 2.34. The van der Waals surface area contributed by atoms with E-state index in [1.807, 2.05) is 18.5 Å². The third kappa shape index (κ3) is 3.87. The van der Waals surface area contributed by atoms with E-state index in [9.17, 15) is 19.2 Å². The molecule has 3 aliphatic rings. The van der Waals surface area contributed by atoms with Crippen molar-refractivity contribution in [3.63, 3.8) is 0 Å². The Morgan fingerprint density at radius 2 is 1.72 bits per heavy atom. The Morgan fingerprint density at radius 1 is 0.917 bits per heavy atom. The predicted molar refractivity (Wildman–Crippen MR) is 132 cm³/mol. The number of imide groups is 2. The number of aromatic nitrogens is 1. The second-order valence-electron chi connectivity index (χ2n) is 9.82. The van der Waals surface area contributed by atoms with Gasteiger partial charge in [-0.2, -0.15) is 0 Å². The largest absolute Gasteiger partial charge is 0.299 e. The molecule has 2 fully saturated rings. The van der Waals surface area contributed by atoms with Crippen LogP contribution in [-0.4, -0.2) is 57.5 Å². The number of fused-ring (bicyclic) bond motifs is 2.